The monoisotopic (exact) mass is 301 g/mol. The summed E-state index contributed by atoms with van der Waals surface area (Å²) in [5.41, 5.74) is 3.72. The number of nitrogens with zero attached hydrogens (tertiary/aromatic N) is 2. The van der Waals surface area contributed by atoms with Crippen LogP contribution in [0.15, 0.2) is 41.7 Å². The normalized spacial score (nSPS) is 12.3. The first-order chi connectivity index (χ1) is 10.2. The molecule has 0 spiro atoms. The van der Waals surface area contributed by atoms with Gasteiger partial charge in [0.25, 0.3) is 0 Å². The molecule has 1 heterocycles. The van der Waals surface area contributed by atoms with Crippen LogP contribution in [-0.2, 0) is 6.42 Å². The van der Waals surface area contributed by atoms with Gasteiger partial charge in [0.05, 0.1) is 0 Å². The zero-order valence-corrected chi connectivity index (χ0v) is 13.8. The maximum Gasteiger partial charge on any atom is 0.187 e. The van der Waals surface area contributed by atoms with Crippen molar-refractivity contribution < 1.29 is 0 Å². The molecular weight excluding hydrogens is 278 g/mol. The average molecular weight is 301 g/mol. The summed E-state index contributed by atoms with van der Waals surface area (Å²) in [6.07, 6.45) is 2.90. The number of hydrogen-bond acceptors (Lipinski definition) is 4. The lowest BCUT2D eigenvalue weighted by Crippen LogP contribution is -2.23. The summed E-state index contributed by atoms with van der Waals surface area (Å²) in [6, 6.07) is 11.1. The Kier molecular flexibility index (Phi) is 6.21. The van der Waals surface area contributed by atoms with E-state index >= 15 is 0 Å². The Bertz CT molecular complexity index is 554. The van der Waals surface area contributed by atoms with Gasteiger partial charge in [-0.1, -0.05) is 49.9 Å². The number of aromatic nitrogens is 2. The molecule has 0 aliphatic heterocycles. The number of aryl methyl sites for hydroxylation is 2. The quantitative estimate of drug-likeness (QED) is 0.624. The maximum atomic E-state index is 4.45. The SMILES string of the molecule is CCNC(CSc1nccc(C)n1)c1ccc(CC)cc1. The van der Waals surface area contributed by atoms with Gasteiger partial charge in [-0.25, -0.2) is 9.97 Å². The van der Waals surface area contributed by atoms with E-state index in [1.165, 1.54) is 11.1 Å². The number of rotatable bonds is 7. The summed E-state index contributed by atoms with van der Waals surface area (Å²) < 4.78 is 0. The Morgan fingerprint density at radius 2 is 1.90 bits per heavy atom. The molecule has 0 saturated carbocycles. The largest absolute Gasteiger partial charge is 0.309 e. The lowest BCUT2D eigenvalue weighted by Gasteiger charge is -2.18. The van der Waals surface area contributed by atoms with Crippen LogP contribution < -0.4 is 5.32 Å². The highest BCUT2D eigenvalue weighted by Crippen LogP contribution is 2.23. The molecule has 0 bridgehead atoms. The summed E-state index contributed by atoms with van der Waals surface area (Å²) in [5.74, 6) is 0.933. The van der Waals surface area contributed by atoms with Gasteiger partial charge >= 0.3 is 0 Å². The Hall–Kier alpha value is -1.39. The van der Waals surface area contributed by atoms with E-state index in [2.05, 4.69) is 53.4 Å². The number of thioether (sulfide) groups is 1. The predicted octanol–water partition coefficient (Wildman–Crippen LogP) is 3.79. The minimum atomic E-state index is 0.329. The molecule has 1 N–H and O–H groups in total. The van der Waals surface area contributed by atoms with Crippen molar-refractivity contribution in [2.75, 3.05) is 12.3 Å². The maximum absolute atomic E-state index is 4.45. The van der Waals surface area contributed by atoms with Crippen molar-refractivity contribution in [2.45, 2.75) is 38.4 Å². The Balaban J connectivity index is 2.04. The third kappa shape index (κ3) is 4.83. The van der Waals surface area contributed by atoms with Crippen molar-refractivity contribution in [1.29, 1.82) is 0 Å². The van der Waals surface area contributed by atoms with Crippen molar-refractivity contribution >= 4 is 11.8 Å². The van der Waals surface area contributed by atoms with Crippen LogP contribution in [0.2, 0.25) is 0 Å². The van der Waals surface area contributed by atoms with Crippen LogP contribution in [0, 0.1) is 6.92 Å². The molecule has 1 unspecified atom stereocenters. The molecule has 0 aliphatic carbocycles. The number of hydrogen-bond donors (Lipinski definition) is 1. The zero-order valence-electron chi connectivity index (χ0n) is 13.0. The van der Waals surface area contributed by atoms with E-state index in [9.17, 15) is 0 Å². The van der Waals surface area contributed by atoms with E-state index in [1.54, 1.807) is 11.8 Å². The predicted molar refractivity (Wildman–Crippen MR) is 89.7 cm³/mol. The molecular formula is C17H23N3S. The van der Waals surface area contributed by atoms with Gasteiger partial charge in [0.2, 0.25) is 0 Å². The molecule has 1 aromatic heterocycles. The Morgan fingerprint density at radius 1 is 1.14 bits per heavy atom. The van der Waals surface area contributed by atoms with Crippen molar-refractivity contribution in [3.05, 3.63) is 53.3 Å². The van der Waals surface area contributed by atoms with E-state index in [4.69, 9.17) is 0 Å². The van der Waals surface area contributed by atoms with Crippen LogP contribution in [0.4, 0.5) is 0 Å². The van der Waals surface area contributed by atoms with Crippen molar-refractivity contribution in [3.63, 3.8) is 0 Å². The number of nitrogens with one attached hydrogen (secondary N) is 1. The summed E-state index contributed by atoms with van der Waals surface area (Å²) in [6.45, 7) is 7.27. The van der Waals surface area contributed by atoms with E-state index in [0.717, 1.165) is 29.6 Å². The highest BCUT2D eigenvalue weighted by molar-refractivity contribution is 7.99. The van der Waals surface area contributed by atoms with Crippen molar-refractivity contribution in [3.8, 4) is 0 Å². The van der Waals surface area contributed by atoms with Crippen LogP contribution in [0.1, 0.15) is 36.7 Å². The van der Waals surface area contributed by atoms with Gasteiger partial charge in [-0.05, 0) is 37.1 Å². The second-order valence-electron chi connectivity index (χ2n) is 5.00. The van der Waals surface area contributed by atoms with Crippen LogP contribution in [0.5, 0.6) is 0 Å². The van der Waals surface area contributed by atoms with Gasteiger partial charge in [0.1, 0.15) is 0 Å². The molecule has 1 aromatic carbocycles. The van der Waals surface area contributed by atoms with E-state index in [0.29, 0.717) is 6.04 Å². The fraction of sp³-hybridized carbons (Fsp3) is 0.412. The molecule has 4 heteroatoms. The fourth-order valence-corrected chi connectivity index (χ4v) is 3.13. The summed E-state index contributed by atoms with van der Waals surface area (Å²) in [7, 11) is 0. The van der Waals surface area contributed by atoms with E-state index in [1.807, 2.05) is 19.2 Å². The number of benzene rings is 1. The molecule has 0 amide bonds. The highest BCUT2D eigenvalue weighted by Gasteiger charge is 2.11. The molecule has 0 fully saturated rings. The van der Waals surface area contributed by atoms with Crippen LogP contribution in [-0.4, -0.2) is 22.3 Å². The summed E-state index contributed by atoms with van der Waals surface area (Å²) in [5, 5.41) is 4.39. The topological polar surface area (TPSA) is 37.8 Å². The third-order valence-corrected chi connectivity index (χ3v) is 4.35. The van der Waals surface area contributed by atoms with E-state index < -0.39 is 0 Å². The molecule has 0 saturated heterocycles. The average Bonchev–Trinajstić information content (AvgIpc) is 2.52. The molecule has 0 radical (unpaired) electrons. The second kappa shape index (κ2) is 8.15. The van der Waals surface area contributed by atoms with Crippen LogP contribution >= 0.6 is 11.8 Å². The van der Waals surface area contributed by atoms with Crippen molar-refractivity contribution in [1.82, 2.24) is 15.3 Å². The molecule has 1 atom stereocenters. The van der Waals surface area contributed by atoms with Gasteiger partial charge in [0, 0.05) is 23.7 Å². The third-order valence-electron chi connectivity index (χ3n) is 3.39. The molecule has 112 valence electrons. The molecule has 2 aromatic rings. The Morgan fingerprint density at radius 3 is 2.52 bits per heavy atom. The fourth-order valence-electron chi connectivity index (χ4n) is 2.16. The first-order valence-electron chi connectivity index (χ1n) is 7.47. The second-order valence-corrected chi connectivity index (χ2v) is 5.98. The molecule has 2 rings (SSSR count). The van der Waals surface area contributed by atoms with Crippen LogP contribution in [0.3, 0.4) is 0 Å². The summed E-state index contributed by atoms with van der Waals surface area (Å²) >= 11 is 1.70. The van der Waals surface area contributed by atoms with Crippen molar-refractivity contribution in [2.24, 2.45) is 0 Å². The molecule has 21 heavy (non-hydrogen) atoms. The van der Waals surface area contributed by atoms with Crippen LogP contribution in [0.25, 0.3) is 0 Å². The van der Waals surface area contributed by atoms with E-state index in [-0.39, 0.29) is 0 Å². The first-order valence-corrected chi connectivity index (χ1v) is 8.46. The van der Waals surface area contributed by atoms with Gasteiger partial charge in [0.15, 0.2) is 5.16 Å². The molecule has 0 aliphatic rings. The highest BCUT2D eigenvalue weighted by atomic mass is 32.2. The minimum Gasteiger partial charge on any atom is -0.309 e. The lowest BCUT2D eigenvalue weighted by atomic mass is 10.1. The molecule has 3 nitrogen and oxygen atoms in total. The van der Waals surface area contributed by atoms with Gasteiger partial charge in [-0.2, -0.15) is 0 Å². The summed E-state index contributed by atoms with van der Waals surface area (Å²) in [4.78, 5) is 8.77. The van der Waals surface area contributed by atoms with Gasteiger partial charge in [-0.3, -0.25) is 0 Å². The smallest absolute Gasteiger partial charge is 0.187 e. The first kappa shape index (κ1) is 16.0. The Labute approximate surface area is 131 Å². The van der Waals surface area contributed by atoms with Gasteiger partial charge in [-0.15, -0.1) is 0 Å². The lowest BCUT2D eigenvalue weighted by molar-refractivity contribution is 0.605. The van der Waals surface area contributed by atoms with Gasteiger partial charge < -0.3 is 5.32 Å². The minimum absolute atomic E-state index is 0.329. The standard InChI is InChI=1S/C17H23N3S/c1-4-14-6-8-15(9-7-14)16(18-5-2)12-21-17-19-11-10-13(3)20-17/h6-11,16,18H,4-5,12H2,1-3H3. The zero-order chi connectivity index (χ0) is 15.1.